The van der Waals surface area contributed by atoms with E-state index in [1.165, 1.54) is 16.7 Å². The van der Waals surface area contributed by atoms with Gasteiger partial charge in [0.2, 0.25) is 0 Å². The number of carbonyl (C=O) groups is 1. The van der Waals surface area contributed by atoms with E-state index in [0.29, 0.717) is 16.4 Å². The van der Waals surface area contributed by atoms with E-state index in [2.05, 4.69) is 4.98 Å². The molecule has 0 atom stereocenters. The van der Waals surface area contributed by atoms with Gasteiger partial charge in [-0.15, -0.1) is 0 Å². The van der Waals surface area contributed by atoms with Crippen LogP contribution in [0.2, 0.25) is 5.02 Å². The quantitative estimate of drug-likeness (QED) is 0.661. The number of aromatic nitrogens is 2. The number of hydrogen-bond acceptors (Lipinski definition) is 4. The van der Waals surface area contributed by atoms with Crippen LogP contribution in [0, 0.1) is 0 Å². The molecule has 2 aromatic heterocycles. The lowest BCUT2D eigenvalue weighted by molar-refractivity contribution is -0.156. The maximum Gasteiger partial charge on any atom is 0.316 e. The highest BCUT2D eigenvalue weighted by atomic mass is 35.5. The molecule has 132 valence electrons. The Morgan fingerprint density at radius 2 is 1.96 bits per heavy atom. The molecule has 4 rings (SSSR count). The summed E-state index contributed by atoms with van der Waals surface area (Å²) in [6.07, 6.45) is 4.07. The van der Waals surface area contributed by atoms with E-state index in [-0.39, 0.29) is 18.1 Å². The van der Waals surface area contributed by atoms with Crippen LogP contribution in [0.25, 0.3) is 5.65 Å². The SMILES string of the molecule is O=C(OCc1cc(=O)n2cc(Cl)ccc2n1)C1(c2ccccc2)CCC1. The van der Waals surface area contributed by atoms with Crippen LogP contribution in [-0.2, 0) is 21.6 Å². The van der Waals surface area contributed by atoms with Crippen molar-refractivity contribution in [2.75, 3.05) is 0 Å². The molecule has 1 aromatic carbocycles. The second-order valence-corrected chi connectivity index (χ2v) is 6.98. The van der Waals surface area contributed by atoms with Gasteiger partial charge < -0.3 is 4.74 Å². The van der Waals surface area contributed by atoms with E-state index in [1.54, 1.807) is 12.1 Å². The predicted molar refractivity (Wildman–Crippen MR) is 98.2 cm³/mol. The number of rotatable bonds is 4. The zero-order valence-corrected chi connectivity index (χ0v) is 14.8. The lowest BCUT2D eigenvalue weighted by Gasteiger charge is -2.39. The molecule has 2 heterocycles. The Hall–Kier alpha value is -2.66. The van der Waals surface area contributed by atoms with Crippen molar-refractivity contribution in [2.45, 2.75) is 31.3 Å². The van der Waals surface area contributed by atoms with E-state index in [0.717, 1.165) is 24.8 Å². The molecular formula is C20H17ClN2O3. The minimum atomic E-state index is -0.569. The van der Waals surface area contributed by atoms with Crippen LogP contribution in [0.5, 0.6) is 0 Å². The zero-order chi connectivity index (χ0) is 18.1. The monoisotopic (exact) mass is 368 g/mol. The standard InChI is InChI=1S/C20H17ClN2O3/c21-15-7-8-17-22-16(11-18(24)23(17)12-15)13-26-19(25)20(9-4-10-20)14-5-2-1-3-6-14/h1-3,5-8,11-12H,4,9-10,13H2. The van der Waals surface area contributed by atoms with Gasteiger partial charge in [0.15, 0.2) is 0 Å². The Labute approximate surface area is 155 Å². The molecule has 3 aromatic rings. The van der Waals surface area contributed by atoms with E-state index < -0.39 is 5.41 Å². The van der Waals surface area contributed by atoms with Crippen LogP contribution in [0.1, 0.15) is 30.5 Å². The van der Waals surface area contributed by atoms with E-state index in [4.69, 9.17) is 16.3 Å². The van der Waals surface area contributed by atoms with Gasteiger partial charge in [-0.1, -0.05) is 48.4 Å². The molecular weight excluding hydrogens is 352 g/mol. The summed E-state index contributed by atoms with van der Waals surface area (Å²) in [4.78, 5) is 29.3. The molecule has 26 heavy (non-hydrogen) atoms. The average Bonchev–Trinajstić information content (AvgIpc) is 2.61. The summed E-state index contributed by atoms with van der Waals surface area (Å²) in [7, 11) is 0. The first-order valence-electron chi connectivity index (χ1n) is 8.49. The zero-order valence-electron chi connectivity index (χ0n) is 14.0. The Morgan fingerprint density at radius 1 is 1.19 bits per heavy atom. The number of ether oxygens (including phenoxy) is 1. The first-order chi connectivity index (χ1) is 12.6. The molecule has 0 radical (unpaired) electrons. The van der Waals surface area contributed by atoms with Crippen LogP contribution in [-0.4, -0.2) is 15.4 Å². The number of fused-ring (bicyclic) bond motifs is 1. The van der Waals surface area contributed by atoms with Gasteiger partial charge in [-0.3, -0.25) is 14.0 Å². The van der Waals surface area contributed by atoms with E-state index in [9.17, 15) is 9.59 Å². The second-order valence-electron chi connectivity index (χ2n) is 6.54. The van der Waals surface area contributed by atoms with Gasteiger partial charge in [0.1, 0.15) is 12.3 Å². The summed E-state index contributed by atoms with van der Waals surface area (Å²) in [5.74, 6) is -0.256. The molecule has 1 aliphatic rings. The van der Waals surface area contributed by atoms with Crippen molar-refractivity contribution < 1.29 is 9.53 Å². The van der Waals surface area contributed by atoms with Crippen molar-refractivity contribution in [3.63, 3.8) is 0 Å². The number of benzene rings is 1. The largest absolute Gasteiger partial charge is 0.458 e. The van der Waals surface area contributed by atoms with Gasteiger partial charge in [0.05, 0.1) is 16.1 Å². The third-order valence-corrected chi connectivity index (χ3v) is 5.18. The van der Waals surface area contributed by atoms with Crippen LogP contribution in [0.4, 0.5) is 0 Å². The predicted octanol–water partition coefficient (Wildman–Crippen LogP) is 3.51. The second kappa shape index (κ2) is 6.57. The van der Waals surface area contributed by atoms with Crippen molar-refractivity contribution in [3.05, 3.63) is 81.4 Å². The minimum absolute atomic E-state index is 0.0260. The fourth-order valence-corrected chi connectivity index (χ4v) is 3.54. The molecule has 0 unspecified atom stereocenters. The number of hydrogen-bond donors (Lipinski definition) is 0. The molecule has 1 saturated carbocycles. The number of carbonyl (C=O) groups excluding carboxylic acids is 1. The molecule has 0 saturated heterocycles. The van der Waals surface area contributed by atoms with Gasteiger partial charge in [-0.2, -0.15) is 0 Å². The number of pyridine rings is 1. The van der Waals surface area contributed by atoms with E-state index in [1.807, 2.05) is 30.3 Å². The van der Waals surface area contributed by atoms with Crippen molar-refractivity contribution >= 4 is 23.2 Å². The first-order valence-corrected chi connectivity index (χ1v) is 8.87. The van der Waals surface area contributed by atoms with Crippen molar-refractivity contribution in [2.24, 2.45) is 0 Å². The van der Waals surface area contributed by atoms with Crippen LogP contribution < -0.4 is 5.56 Å². The van der Waals surface area contributed by atoms with Gasteiger partial charge >= 0.3 is 5.97 Å². The van der Waals surface area contributed by atoms with Crippen molar-refractivity contribution in [1.82, 2.24) is 9.38 Å². The Bertz CT molecular complexity index is 1030. The molecule has 0 bridgehead atoms. The van der Waals surface area contributed by atoms with Crippen LogP contribution >= 0.6 is 11.6 Å². The van der Waals surface area contributed by atoms with Crippen molar-refractivity contribution in [1.29, 1.82) is 0 Å². The average molecular weight is 369 g/mol. The fraction of sp³-hybridized carbons (Fsp3) is 0.250. The van der Waals surface area contributed by atoms with Gasteiger partial charge in [0.25, 0.3) is 5.56 Å². The minimum Gasteiger partial charge on any atom is -0.458 e. The summed E-state index contributed by atoms with van der Waals surface area (Å²) in [6, 6.07) is 14.4. The molecule has 1 aliphatic carbocycles. The van der Waals surface area contributed by atoms with E-state index >= 15 is 0 Å². The van der Waals surface area contributed by atoms with Gasteiger partial charge in [-0.25, -0.2) is 4.98 Å². The molecule has 0 aliphatic heterocycles. The fourth-order valence-electron chi connectivity index (χ4n) is 3.38. The normalized spacial score (nSPS) is 15.4. The molecule has 5 nitrogen and oxygen atoms in total. The Balaban J connectivity index is 1.55. The van der Waals surface area contributed by atoms with Gasteiger partial charge in [-0.05, 0) is 30.5 Å². The summed E-state index contributed by atoms with van der Waals surface area (Å²) >= 11 is 5.91. The Kier molecular flexibility index (Phi) is 4.24. The lowest BCUT2D eigenvalue weighted by Crippen LogP contribution is -2.43. The smallest absolute Gasteiger partial charge is 0.316 e. The maximum absolute atomic E-state index is 12.8. The highest BCUT2D eigenvalue weighted by Crippen LogP contribution is 2.44. The summed E-state index contributed by atoms with van der Waals surface area (Å²) in [5.41, 5.74) is 1.05. The molecule has 6 heteroatoms. The third kappa shape index (κ3) is 2.88. The topological polar surface area (TPSA) is 60.7 Å². The van der Waals surface area contributed by atoms with Crippen LogP contribution in [0.15, 0.2) is 59.5 Å². The van der Waals surface area contributed by atoms with Crippen molar-refractivity contribution in [3.8, 4) is 0 Å². The Morgan fingerprint density at radius 3 is 2.65 bits per heavy atom. The molecule has 0 N–H and O–H groups in total. The third-order valence-electron chi connectivity index (χ3n) is 4.95. The molecule has 1 fully saturated rings. The molecule has 0 amide bonds. The number of nitrogens with zero attached hydrogens (tertiary/aromatic N) is 2. The van der Waals surface area contributed by atoms with Gasteiger partial charge in [0, 0.05) is 12.3 Å². The maximum atomic E-state index is 12.8. The van der Waals surface area contributed by atoms with Crippen LogP contribution in [0.3, 0.4) is 0 Å². The first kappa shape index (κ1) is 16.8. The summed E-state index contributed by atoms with van der Waals surface area (Å²) < 4.78 is 6.91. The summed E-state index contributed by atoms with van der Waals surface area (Å²) in [6.45, 7) is -0.0260. The lowest BCUT2D eigenvalue weighted by atomic mass is 9.64. The highest BCUT2D eigenvalue weighted by molar-refractivity contribution is 6.30. The number of halogens is 1. The number of esters is 1. The highest BCUT2D eigenvalue weighted by Gasteiger charge is 2.47. The summed E-state index contributed by atoms with van der Waals surface area (Å²) in [5, 5.41) is 0.454. The molecule has 0 spiro atoms.